The summed E-state index contributed by atoms with van der Waals surface area (Å²) in [6.45, 7) is 7.05. The molecule has 0 spiro atoms. The Morgan fingerprint density at radius 1 is 1.38 bits per heavy atom. The van der Waals surface area contributed by atoms with Crippen LogP contribution in [0.3, 0.4) is 0 Å². The molecular weight excluding hydrogens is 182 g/mol. The van der Waals surface area contributed by atoms with E-state index in [1.54, 1.807) is 7.11 Å². The number of methoxy groups -OCH3 is 1. The van der Waals surface area contributed by atoms with Crippen LogP contribution in [0.15, 0.2) is 0 Å². The Balaban J connectivity index is 3.67. The average Bonchev–Trinajstić information content (AvgIpc) is 2.03. The number of nitriles is 1. The molecule has 3 nitrogen and oxygen atoms in total. The van der Waals surface area contributed by atoms with Crippen LogP contribution in [0.4, 0.5) is 0 Å². The fourth-order valence-corrected chi connectivity index (χ4v) is 1.52. The van der Waals surface area contributed by atoms with Gasteiger partial charge in [-0.05, 0) is 26.1 Å². The molecule has 76 valence electrons. The lowest BCUT2D eigenvalue weighted by atomic mass is 10.2. The lowest BCUT2D eigenvalue weighted by molar-refractivity contribution is 0.0506. The smallest absolute Gasteiger partial charge is 0.183 e. The molecule has 0 saturated carbocycles. The van der Waals surface area contributed by atoms with Crippen LogP contribution in [0.5, 0.6) is 0 Å². The number of ether oxygens (including phenoxy) is 1. The van der Waals surface area contributed by atoms with E-state index >= 15 is 0 Å². The van der Waals surface area contributed by atoms with Gasteiger partial charge < -0.3 is 9.16 Å². The number of nitrogens with zero attached hydrogens (tertiary/aromatic N) is 1. The molecule has 0 rings (SSSR count). The van der Waals surface area contributed by atoms with Gasteiger partial charge in [-0.1, -0.05) is 0 Å². The van der Waals surface area contributed by atoms with E-state index < -0.39 is 8.32 Å². The van der Waals surface area contributed by atoms with E-state index in [4.69, 9.17) is 14.4 Å². The fourth-order valence-electron chi connectivity index (χ4n) is 0.838. The van der Waals surface area contributed by atoms with Crippen LogP contribution in [0.2, 0.25) is 19.6 Å². The SMILES string of the molecule is COC(CCC#N)CO[Si](C)(C)C. The van der Waals surface area contributed by atoms with Gasteiger partial charge in [0.15, 0.2) is 8.32 Å². The van der Waals surface area contributed by atoms with E-state index in [1.165, 1.54) is 0 Å². The molecule has 0 amide bonds. The molecule has 0 radical (unpaired) electrons. The first kappa shape index (κ1) is 12.6. The van der Waals surface area contributed by atoms with Crippen molar-refractivity contribution in [1.29, 1.82) is 5.26 Å². The van der Waals surface area contributed by atoms with E-state index in [0.717, 1.165) is 6.42 Å². The van der Waals surface area contributed by atoms with Crippen molar-refractivity contribution in [1.82, 2.24) is 0 Å². The predicted molar refractivity (Wildman–Crippen MR) is 54.9 cm³/mol. The van der Waals surface area contributed by atoms with Gasteiger partial charge in [0.1, 0.15) is 0 Å². The summed E-state index contributed by atoms with van der Waals surface area (Å²) in [6.07, 6.45) is 1.37. The summed E-state index contributed by atoms with van der Waals surface area (Å²) in [4.78, 5) is 0. The van der Waals surface area contributed by atoms with Crippen LogP contribution in [-0.4, -0.2) is 28.1 Å². The molecule has 0 saturated heterocycles. The molecule has 1 unspecified atom stereocenters. The first-order chi connectivity index (χ1) is 5.99. The second kappa shape index (κ2) is 6.14. The van der Waals surface area contributed by atoms with Crippen LogP contribution < -0.4 is 0 Å². The molecule has 0 aromatic heterocycles. The zero-order valence-corrected chi connectivity index (χ0v) is 9.96. The van der Waals surface area contributed by atoms with E-state index in [2.05, 4.69) is 25.7 Å². The summed E-state index contributed by atoms with van der Waals surface area (Å²) in [5.41, 5.74) is 0. The number of hydrogen-bond acceptors (Lipinski definition) is 3. The van der Waals surface area contributed by atoms with Crippen molar-refractivity contribution in [3.8, 4) is 6.07 Å². The maximum Gasteiger partial charge on any atom is 0.183 e. The molecule has 0 aliphatic rings. The average molecular weight is 201 g/mol. The second-order valence-electron chi connectivity index (χ2n) is 3.98. The van der Waals surface area contributed by atoms with Crippen LogP contribution in [-0.2, 0) is 9.16 Å². The molecule has 4 heteroatoms. The van der Waals surface area contributed by atoms with Gasteiger partial charge in [-0.3, -0.25) is 0 Å². The molecule has 0 fully saturated rings. The highest BCUT2D eigenvalue weighted by atomic mass is 28.4. The second-order valence-corrected chi connectivity index (χ2v) is 8.49. The Bertz CT molecular complexity index is 171. The van der Waals surface area contributed by atoms with Gasteiger partial charge in [0.2, 0.25) is 0 Å². The standard InChI is InChI=1S/C9H19NO2Si/c1-11-9(6-5-7-10)8-12-13(2,3)4/h9H,5-6,8H2,1-4H3. The molecule has 0 heterocycles. The quantitative estimate of drug-likeness (QED) is 0.618. The van der Waals surface area contributed by atoms with Gasteiger partial charge in [0, 0.05) is 13.5 Å². The van der Waals surface area contributed by atoms with Crippen molar-refractivity contribution >= 4 is 8.32 Å². The molecule has 0 aromatic carbocycles. The lowest BCUT2D eigenvalue weighted by Crippen LogP contribution is -2.31. The first-order valence-corrected chi connectivity index (χ1v) is 7.94. The van der Waals surface area contributed by atoms with Crippen molar-refractivity contribution < 1.29 is 9.16 Å². The minimum Gasteiger partial charge on any atom is -0.415 e. The first-order valence-electron chi connectivity index (χ1n) is 4.53. The van der Waals surface area contributed by atoms with Crippen LogP contribution in [0.1, 0.15) is 12.8 Å². The third-order valence-electron chi connectivity index (χ3n) is 1.61. The summed E-state index contributed by atoms with van der Waals surface area (Å²) in [6, 6.07) is 2.11. The Labute approximate surface area is 81.8 Å². The Hall–Kier alpha value is -0.373. The molecular formula is C9H19NO2Si. The Kier molecular flexibility index (Phi) is 5.96. The number of rotatable bonds is 6. The Morgan fingerprint density at radius 2 is 2.00 bits per heavy atom. The highest BCUT2D eigenvalue weighted by molar-refractivity contribution is 6.69. The van der Waals surface area contributed by atoms with Crippen molar-refractivity contribution in [3.05, 3.63) is 0 Å². The lowest BCUT2D eigenvalue weighted by Gasteiger charge is -2.21. The van der Waals surface area contributed by atoms with Crippen molar-refractivity contribution in [2.24, 2.45) is 0 Å². The molecule has 0 aliphatic heterocycles. The van der Waals surface area contributed by atoms with Crippen molar-refractivity contribution in [2.75, 3.05) is 13.7 Å². The van der Waals surface area contributed by atoms with E-state index in [-0.39, 0.29) is 6.10 Å². The van der Waals surface area contributed by atoms with Crippen LogP contribution in [0, 0.1) is 11.3 Å². The maximum absolute atomic E-state index is 8.40. The topological polar surface area (TPSA) is 42.2 Å². The van der Waals surface area contributed by atoms with Crippen LogP contribution >= 0.6 is 0 Å². The fraction of sp³-hybridized carbons (Fsp3) is 0.889. The van der Waals surface area contributed by atoms with Crippen molar-refractivity contribution in [3.63, 3.8) is 0 Å². The summed E-state index contributed by atoms with van der Waals surface area (Å²) >= 11 is 0. The molecule has 0 aromatic rings. The van der Waals surface area contributed by atoms with Gasteiger partial charge in [0.25, 0.3) is 0 Å². The van der Waals surface area contributed by atoms with Gasteiger partial charge in [0.05, 0.1) is 18.8 Å². The third kappa shape index (κ3) is 7.97. The van der Waals surface area contributed by atoms with Gasteiger partial charge in [-0.2, -0.15) is 5.26 Å². The number of hydrogen-bond donors (Lipinski definition) is 0. The van der Waals surface area contributed by atoms with Crippen LogP contribution in [0.25, 0.3) is 0 Å². The minimum atomic E-state index is -1.44. The summed E-state index contributed by atoms with van der Waals surface area (Å²) in [5.74, 6) is 0. The molecule has 0 bridgehead atoms. The summed E-state index contributed by atoms with van der Waals surface area (Å²) in [7, 11) is 0.224. The molecule has 1 atom stereocenters. The molecule has 13 heavy (non-hydrogen) atoms. The highest BCUT2D eigenvalue weighted by Gasteiger charge is 2.17. The monoisotopic (exact) mass is 201 g/mol. The van der Waals surface area contributed by atoms with E-state index in [0.29, 0.717) is 13.0 Å². The third-order valence-corrected chi connectivity index (χ3v) is 2.65. The van der Waals surface area contributed by atoms with E-state index in [9.17, 15) is 0 Å². The normalized spacial score (nSPS) is 13.8. The summed E-state index contributed by atoms with van der Waals surface area (Å²) < 4.78 is 10.9. The van der Waals surface area contributed by atoms with Gasteiger partial charge in [-0.25, -0.2) is 0 Å². The van der Waals surface area contributed by atoms with Gasteiger partial charge >= 0.3 is 0 Å². The Morgan fingerprint density at radius 3 is 2.38 bits per heavy atom. The zero-order chi connectivity index (χ0) is 10.3. The largest absolute Gasteiger partial charge is 0.415 e. The maximum atomic E-state index is 8.40. The van der Waals surface area contributed by atoms with Gasteiger partial charge in [-0.15, -0.1) is 0 Å². The molecule has 0 N–H and O–H groups in total. The zero-order valence-electron chi connectivity index (χ0n) is 8.96. The van der Waals surface area contributed by atoms with Crippen molar-refractivity contribution in [2.45, 2.75) is 38.6 Å². The minimum absolute atomic E-state index is 0.0753. The van der Waals surface area contributed by atoms with E-state index in [1.807, 2.05) is 0 Å². The predicted octanol–water partition coefficient (Wildman–Crippen LogP) is 2.16. The molecule has 0 aliphatic carbocycles. The summed E-state index contributed by atoms with van der Waals surface area (Å²) in [5, 5.41) is 8.40. The highest BCUT2D eigenvalue weighted by Crippen LogP contribution is 2.07.